The van der Waals surface area contributed by atoms with Gasteiger partial charge in [0.25, 0.3) is 5.82 Å². The van der Waals surface area contributed by atoms with Crippen LogP contribution in [-0.4, -0.2) is 42.6 Å². The van der Waals surface area contributed by atoms with Gasteiger partial charge in [0.15, 0.2) is 11.6 Å². The van der Waals surface area contributed by atoms with Crippen LogP contribution in [0.15, 0.2) is 24.5 Å². The number of benzene rings is 1. The second-order valence-electron chi connectivity index (χ2n) is 8.94. The molecule has 1 unspecified atom stereocenters. The molecule has 0 saturated heterocycles. The van der Waals surface area contributed by atoms with Gasteiger partial charge in [-0.2, -0.15) is 13.2 Å². The highest BCUT2D eigenvalue weighted by Gasteiger charge is 2.41. The quantitative estimate of drug-likeness (QED) is 0.318. The van der Waals surface area contributed by atoms with Crippen molar-refractivity contribution in [3.63, 3.8) is 0 Å². The number of fused-ring (bicyclic) bond motifs is 1. The number of nitrogens with two attached hydrogens (primary N) is 1. The predicted molar refractivity (Wildman–Crippen MR) is 118 cm³/mol. The van der Waals surface area contributed by atoms with Crippen LogP contribution in [0.25, 0.3) is 0 Å². The van der Waals surface area contributed by atoms with E-state index in [9.17, 15) is 17.6 Å². The number of aromatic nitrogens is 5. The molecule has 2 aliphatic rings. The Bertz CT molecular complexity index is 1320. The summed E-state index contributed by atoms with van der Waals surface area (Å²) < 4.78 is 60.6. The average Bonchev–Trinajstić information content (AvgIpc) is 3.34. The maximum Gasteiger partial charge on any atom is 0.453 e. The summed E-state index contributed by atoms with van der Waals surface area (Å²) in [5.41, 5.74) is 6.03. The van der Waals surface area contributed by atoms with Gasteiger partial charge in [-0.05, 0) is 32.8 Å². The Hall–Kier alpha value is -3.77. The lowest BCUT2D eigenvalue weighted by molar-refractivity contribution is -0.145. The summed E-state index contributed by atoms with van der Waals surface area (Å²) in [5.74, 6) is -1.22. The molecule has 3 N–H and O–H groups in total. The number of halogens is 4. The van der Waals surface area contributed by atoms with Crippen molar-refractivity contribution in [1.29, 1.82) is 5.41 Å². The number of rotatable bonds is 5. The van der Waals surface area contributed by atoms with Crippen LogP contribution in [0.3, 0.4) is 0 Å². The van der Waals surface area contributed by atoms with Crippen LogP contribution in [0.2, 0.25) is 0 Å². The van der Waals surface area contributed by atoms with Crippen molar-refractivity contribution in [3.8, 4) is 5.75 Å². The average molecular weight is 490 g/mol. The molecule has 3 aromatic rings. The molecule has 1 fully saturated rings. The summed E-state index contributed by atoms with van der Waals surface area (Å²) in [6, 6.07) is 3.49. The summed E-state index contributed by atoms with van der Waals surface area (Å²) >= 11 is 0. The minimum Gasteiger partial charge on any atom is -0.484 e. The van der Waals surface area contributed by atoms with Gasteiger partial charge in [0.2, 0.25) is 0 Å². The van der Waals surface area contributed by atoms with Gasteiger partial charge in [0.05, 0.1) is 24.0 Å². The van der Waals surface area contributed by atoms with E-state index >= 15 is 0 Å². The SMILES string of the molecule is CC1c2nc(C(F)(F)F)nn2CCN1c1cc(C(=N)c2cc(OC3(C)CC3)c(F)cc2N)ncn1. The van der Waals surface area contributed by atoms with Crippen LogP contribution in [-0.2, 0) is 12.7 Å². The molecular formula is C22H22F4N8O. The predicted octanol–water partition coefficient (Wildman–Crippen LogP) is 3.74. The fraction of sp³-hybridized carbons (Fsp3) is 0.409. The van der Waals surface area contributed by atoms with Gasteiger partial charge in [-0.15, -0.1) is 5.10 Å². The normalized spacial score (nSPS) is 18.8. The molecule has 1 aliphatic heterocycles. The fourth-order valence-corrected chi connectivity index (χ4v) is 3.98. The fourth-order valence-electron chi connectivity index (χ4n) is 3.98. The number of nitrogens with one attached hydrogen (secondary N) is 1. The summed E-state index contributed by atoms with van der Waals surface area (Å²) in [4.78, 5) is 13.9. The van der Waals surface area contributed by atoms with Gasteiger partial charge in [-0.3, -0.25) is 5.41 Å². The smallest absolute Gasteiger partial charge is 0.453 e. The molecule has 0 spiro atoms. The molecule has 5 rings (SSSR count). The molecule has 1 aliphatic carbocycles. The summed E-state index contributed by atoms with van der Waals surface area (Å²) in [6.07, 6.45) is -1.76. The second kappa shape index (κ2) is 7.89. The van der Waals surface area contributed by atoms with Crippen molar-refractivity contribution in [1.82, 2.24) is 24.7 Å². The Morgan fingerprint density at radius 2 is 1.94 bits per heavy atom. The summed E-state index contributed by atoms with van der Waals surface area (Å²) in [7, 11) is 0. The van der Waals surface area contributed by atoms with E-state index in [0.29, 0.717) is 12.4 Å². The molecule has 1 aromatic carbocycles. The molecule has 184 valence electrons. The van der Waals surface area contributed by atoms with E-state index < -0.39 is 29.5 Å². The summed E-state index contributed by atoms with van der Waals surface area (Å²) in [6.45, 7) is 4.09. The first kappa shape index (κ1) is 23.0. The zero-order valence-electron chi connectivity index (χ0n) is 18.9. The third-order valence-electron chi connectivity index (χ3n) is 6.23. The van der Waals surface area contributed by atoms with Gasteiger partial charge in [0, 0.05) is 29.9 Å². The number of hydrogen-bond acceptors (Lipinski definition) is 8. The number of anilines is 2. The molecule has 13 heteroatoms. The van der Waals surface area contributed by atoms with Gasteiger partial charge in [0.1, 0.15) is 23.6 Å². The Labute approximate surface area is 197 Å². The van der Waals surface area contributed by atoms with Crippen LogP contribution < -0.4 is 15.4 Å². The van der Waals surface area contributed by atoms with Crippen LogP contribution in [0.5, 0.6) is 5.75 Å². The third kappa shape index (κ3) is 4.26. The molecule has 2 aromatic heterocycles. The van der Waals surface area contributed by atoms with Crippen molar-refractivity contribution in [3.05, 3.63) is 53.2 Å². The van der Waals surface area contributed by atoms with Crippen LogP contribution in [0, 0.1) is 11.2 Å². The van der Waals surface area contributed by atoms with Crippen LogP contribution >= 0.6 is 0 Å². The maximum absolute atomic E-state index is 14.4. The first-order chi connectivity index (χ1) is 16.4. The van der Waals surface area contributed by atoms with Crippen molar-refractivity contribution in [2.75, 3.05) is 17.2 Å². The Balaban J connectivity index is 1.43. The lowest BCUT2D eigenvalue weighted by Crippen LogP contribution is -2.38. The van der Waals surface area contributed by atoms with Crippen molar-refractivity contribution < 1.29 is 22.3 Å². The molecule has 3 heterocycles. The summed E-state index contributed by atoms with van der Waals surface area (Å²) in [5, 5.41) is 12.2. The zero-order valence-corrected chi connectivity index (χ0v) is 18.9. The number of nitrogen functional groups attached to an aromatic ring is 1. The lowest BCUT2D eigenvalue weighted by atomic mass is 10.0. The molecule has 1 saturated carbocycles. The van der Waals surface area contributed by atoms with E-state index in [2.05, 4.69) is 20.1 Å². The number of hydrogen-bond donors (Lipinski definition) is 2. The minimum absolute atomic E-state index is 0.0117. The highest BCUT2D eigenvalue weighted by Crippen LogP contribution is 2.41. The first-order valence-corrected chi connectivity index (χ1v) is 10.9. The third-order valence-corrected chi connectivity index (χ3v) is 6.23. The van der Waals surface area contributed by atoms with Crippen molar-refractivity contribution >= 4 is 17.2 Å². The molecule has 1 atom stereocenters. The van der Waals surface area contributed by atoms with Crippen LogP contribution in [0.1, 0.15) is 55.6 Å². The topological polar surface area (TPSA) is 119 Å². The molecular weight excluding hydrogens is 468 g/mol. The van der Waals surface area contributed by atoms with E-state index in [-0.39, 0.29) is 40.8 Å². The zero-order chi connectivity index (χ0) is 25.1. The van der Waals surface area contributed by atoms with E-state index in [4.69, 9.17) is 15.9 Å². The van der Waals surface area contributed by atoms with Gasteiger partial charge >= 0.3 is 6.18 Å². The largest absolute Gasteiger partial charge is 0.484 e. The molecule has 0 amide bonds. The molecule has 9 nitrogen and oxygen atoms in total. The minimum atomic E-state index is -4.64. The monoisotopic (exact) mass is 490 g/mol. The van der Waals surface area contributed by atoms with E-state index in [1.807, 2.05) is 6.92 Å². The molecule has 0 radical (unpaired) electrons. The Morgan fingerprint density at radius 3 is 2.63 bits per heavy atom. The van der Waals surface area contributed by atoms with Crippen molar-refractivity contribution in [2.24, 2.45) is 0 Å². The number of ether oxygens (including phenoxy) is 1. The van der Waals surface area contributed by atoms with E-state index in [0.717, 1.165) is 18.9 Å². The number of nitrogens with zero attached hydrogens (tertiary/aromatic N) is 6. The molecule has 35 heavy (non-hydrogen) atoms. The van der Waals surface area contributed by atoms with E-state index in [1.54, 1.807) is 17.9 Å². The maximum atomic E-state index is 14.4. The van der Waals surface area contributed by atoms with Crippen molar-refractivity contribution in [2.45, 2.75) is 51.1 Å². The lowest BCUT2D eigenvalue weighted by Gasteiger charge is -2.33. The highest BCUT2D eigenvalue weighted by molar-refractivity contribution is 6.13. The highest BCUT2D eigenvalue weighted by atomic mass is 19.4. The van der Waals surface area contributed by atoms with Crippen LogP contribution in [0.4, 0.5) is 29.1 Å². The first-order valence-electron chi connectivity index (χ1n) is 10.9. The molecule has 0 bridgehead atoms. The van der Waals surface area contributed by atoms with Gasteiger partial charge in [-0.25, -0.2) is 24.0 Å². The van der Waals surface area contributed by atoms with Gasteiger partial charge < -0.3 is 15.4 Å². The number of alkyl halides is 3. The Morgan fingerprint density at radius 1 is 1.20 bits per heavy atom. The van der Waals surface area contributed by atoms with Gasteiger partial charge in [-0.1, -0.05) is 0 Å². The standard InChI is InChI=1S/C22H22F4N8O/c1-11-19-31-20(22(24,25)26)32-34(19)6-5-33(11)17-9-15(29-10-30-17)18(28)12-7-16(13(23)8-14(12)27)35-21(2)3-4-21/h7-11,28H,3-6,27H2,1-2H3. The second-order valence-corrected chi connectivity index (χ2v) is 8.94. The van der Waals surface area contributed by atoms with E-state index in [1.165, 1.54) is 17.1 Å². The Kier molecular flexibility index (Phi) is 5.18.